The summed E-state index contributed by atoms with van der Waals surface area (Å²) >= 11 is 3.82. The first-order valence-electron chi connectivity index (χ1n) is 6.66. The van der Waals surface area contributed by atoms with E-state index in [1.807, 2.05) is 6.92 Å². The first kappa shape index (κ1) is 12.9. The molecule has 1 aliphatic carbocycles. The molecule has 1 saturated carbocycles. The first-order chi connectivity index (χ1) is 8.29. The van der Waals surface area contributed by atoms with Crippen molar-refractivity contribution in [3.8, 4) is 5.75 Å². The van der Waals surface area contributed by atoms with E-state index in [9.17, 15) is 0 Å². The Kier molecular flexibility index (Phi) is 4.90. The maximum Gasteiger partial charge on any atom is 0.119 e. The molecule has 1 unspecified atom stereocenters. The highest BCUT2D eigenvalue weighted by atomic mass is 79.9. The van der Waals surface area contributed by atoms with Crippen LogP contribution in [0, 0.1) is 5.92 Å². The van der Waals surface area contributed by atoms with Crippen molar-refractivity contribution in [2.45, 2.75) is 43.9 Å². The van der Waals surface area contributed by atoms with Gasteiger partial charge in [-0.2, -0.15) is 0 Å². The molecule has 1 aliphatic rings. The topological polar surface area (TPSA) is 9.23 Å². The van der Waals surface area contributed by atoms with Crippen LogP contribution in [0.25, 0.3) is 0 Å². The zero-order valence-corrected chi connectivity index (χ0v) is 12.1. The van der Waals surface area contributed by atoms with Gasteiger partial charge < -0.3 is 4.74 Å². The maximum atomic E-state index is 5.46. The van der Waals surface area contributed by atoms with Crippen LogP contribution in [0.4, 0.5) is 0 Å². The van der Waals surface area contributed by atoms with E-state index in [0.717, 1.165) is 18.3 Å². The molecule has 0 radical (unpaired) electrons. The molecule has 1 atom stereocenters. The van der Waals surface area contributed by atoms with E-state index in [2.05, 4.69) is 40.2 Å². The maximum absolute atomic E-state index is 5.46. The molecule has 0 bridgehead atoms. The van der Waals surface area contributed by atoms with Gasteiger partial charge in [-0.15, -0.1) is 0 Å². The summed E-state index contributed by atoms with van der Waals surface area (Å²) in [6.07, 6.45) is 6.95. The summed E-state index contributed by atoms with van der Waals surface area (Å²) in [5.41, 5.74) is 1.38. The minimum absolute atomic E-state index is 0.501. The van der Waals surface area contributed by atoms with Crippen molar-refractivity contribution in [2.75, 3.05) is 6.61 Å². The van der Waals surface area contributed by atoms with Crippen LogP contribution in [0.2, 0.25) is 0 Å². The van der Waals surface area contributed by atoms with Crippen molar-refractivity contribution in [1.29, 1.82) is 0 Å². The number of rotatable bonds is 5. The molecule has 0 aliphatic heterocycles. The highest BCUT2D eigenvalue weighted by Gasteiger charge is 2.19. The number of benzene rings is 1. The molecule has 0 saturated heterocycles. The summed E-state index contributed by atoms with van der Waals surface area (Å²) in [5, 5.41) is 0. The summed E-state index contributed by atoms with van der Waals surface area (Å²) in [4.78, 5) is 0.501. The summed E-state index contributed by atoms with van der Waals surface area (Å²) in [5.74, 6) is 1.89. The predicted octanol–water partition coefficient (Wildman–Crippen LogP) is 5.10. The Morgan fingerprint density at radius 2 is 1.88 bits per heavy atom. The Morgan fingerprint density at radius 1 is 1.24 bits per heavy atom. The molecule has 0 heterocycles. The van der Waals surface area contributed by atoms with Gasteiger partial charge in [0.1, 0.15) is 5.75 Å². The molecule has 1 nitrogen and oxygen atoms in total. The van der Waals surface area contributed by atoms with Gasteiger partial charge in [0.15, 0.2) is 0 Å². The lowest BCUT2D eigenvalue weighted by molar-refractivity contribution is 0.340. The van der Waals surface area contributed by atoms with E-state index >= 15 is 0 Å². The second-order valence-corrected chi connectivity index (χ2v) is 5.96. The van der Waals surface area contributed by atoms with Crippen molar-refractivity contribution < 1.29 is 4.74 Å². The zero-order chi connectivity index (χ0) is 12.1. The quantitative estimate of drug-likeness (QED) is 0.687. The fraction of sp³-hybridized carbons (Fsp3) is 0.600. The van der Waals surface area contributed by atoms with Crippen LogP contribution < -0.4 is 4.74 Å². The fourth-order valence-electron chi connectivity index (χ4n) is 2.61. The molecule has 1 aromatic carbocycles. The first-order valence-corrected chi connectivity index (χ1v) is 7.58. The van der Waals surface area contributed by atoms with Gasteiger partial charge in [-0.25, -0.2) is 0 Å². The Bertz CT molecular complexity index is 327. The van der Waals surface area contributed by atoms with Gasteiger partial charge >= 0.3 is 0 Å². The standard InChI is InChI=1S/C15H21BrO/c1-2-17-14-9-7-13(8-10-14)15(16)11-12-5-3-4-6-12/h7-10,12,15H,2-6,11H2,1H3. The molecule has 0 amide bonds. The van der Waals surface area contributed by atoms with Gasteiger partial charge in [-0.1, -0.05) is 53.7 Å². The Morgan fingerprint density at radius 3 is 2.47 bits per heavy atom. The molecule has 0 N–H and O–H groups in total. The third kappa shape index (κ3) is 3.74. The average Bonchev–Trinajstić information content (AvgIpc) is 2.83. The highest BCUT2D eigenvalue weighted by Crippen LogP contribution is 2.37. The van der Waals surface area contributed by atoms with Crippen LogP contribution in [0.15, 0.2) is 24.3 Å². The molecule has 2 rings (SSSR count). The molecule has 2 heteroatoms. The minimum Gasteiger partial charge on any atom is -0.494 e. The Hall–Kier alpha value is -0.500. The third-order valence-electron chi connectivity index (χ3n) is 3.57. The zero-order valence-electron chi connectivity index (χ0n) is 10.5. The van der Waals surface area contributed by atoms with Crippen molar-refractivity contribution in [3.63, 3.8) is 0 Å². The van der Waals surface area contributed by atoms with Crippen molar-refractivity contribution in [2.24, 2.45) is 5.92 Å². The van der Waals surface area contributed by atoms with Crippen molar-refractivity contribution >= 4 is 15.9 Å². The molecular formula is C15H21BrO. The van der Waals surface area contributed by atoms with E-state index in [0.29, 0.717) is 4.83 Å². The molecule has 1 fully saturated rings. The van der Waals surface area contributed by atoms with Gasteiger partial charge in [0.05, 0.1) is 6.61 Å². The van der Waals surface area contributed by atoms with Gasteiger partial charge in [-0.05, 0) is 37.0 Å². The Balaban J connectivity index is 1.91. The summed E-state index contributed by atoms with van der Waals surface area (Å²) < 4.78 is 5.46. The number of hydrogen-bond acceptors (Lipinski definition) is 1. The highest BCUT2D eigenvalue weighted by molar-refractivity contribution is 9.09. The smallest absolute Gasteiger partial charge is 0.119 e. The van der Waals surface area contributed by atoms with Gasteiger partial charge in [0, 0.05) is 4.83 Å². The second-order valence-electron chi connectivity index (χ2n) is 4.86. The fourth-order valence-corrected chi connectivity index (χ4v) is 3.45. The van der Waals surface area contributed by atoms with Crippen LogP contribution in [0.3, 0.4) is 0 Å². The molecule has 1 aromatic rings. The van der Waals surface area contributed by atoms with Crippen LogP contribution in [-0.2, 0) is 0 Å². The van der Waals surface area contributed by atoms with Gasteiger partial charge in [-0.3, -0.25) is 0 Å². The molecule has 94 valence electrons. The predicted molar refractivity (Wildman–Crippen MR) is 75.9 cm³/mol. The Labute approximate surface area is 113 Å². The van der Waals surface area contributed by atoms with E-state index < -0.39 is 0 Å². The normalized spacial score (nSPS) is 18.2. The van der Waals surface area contributed by atoms with Gasteiger partial charge in [0.2, 0.25) is 0 Å². The summed E-state index contributed by atoms with van der Waals surface area (Å²) in [6.45, 7) is 2.75. The van der Waals surface area contributed by atoms with Crippen LogP contribution >= 0.6 is 15.9 Å². The van der Waals surface area contributed by atoms with E-state index in [4.69, 9.17) is 4.74 Å². The number of hydrogen-bond donors (Lipinski definition) is 0. The monoisotopic (exact) mass is 296 g/mol. The SMILES string of the molecule is CCOc1ccc(C(Br)CC2CCCC2)cc1. The minimum atomic E-state index is 0.501. The summed E-state index contributed by atoms with van der Waals surface area (Å²) in [7, 11) is 0. The third-order valence-corrected chi connectivity index (χ3v) is 4.47. The lowest BCUT2D eigenvalue weighted by atomic mass is 9.98. The van der Waals surface area contributed by atoms with E-state index in [1.165, 1.54) is 37.7 Å². The van der Waals surface area contributed by atoms with Crippen molar-refractivity contribution in [3.05, 3.63) is 29.8 Å². The van der Waals surface area contributed by atoms with Crippen molar-refractivity contribution in [1.82, 2.24) is 0 Å². The van der Waals surface area contributed by atoms with E-state index in [1.54, 1.807) is 0 Å². The molecular weight excluding hydrogens is 276 g/mol. The van der Waals surface area contributed by atoms with Gasteiger partial charge in [0.25, 0.3) is 0 Å². The lowest BCUT2D eigenvalue weighted by Gasteiger charge is -2.15. The molecule has 17 heavy (non-hydrogen) atoms. The van der Waals surface area contributed by atoms with E-state index in [-0.39, 0.29) is 0 Å². The second kappa shape index (κ2) is 6.44. The molecule has 0 aromatic heterocycles. The number of halogens is 1. The number of ether oxygens (including phenoxy) is 1. The van der Waals surface area contributed by atoms with Crippen LogP contribution in [0.5, 0.6) is 5.75 Å². The van der Waals surface area contributed by atoms with Crippen LogP contribution in [0.1, 0.15) is 49.4 Å². The summed E-state index contributed by atoms with van der Waals surface area (Å²) in [6, 6.07) is 8.50. The van der Waals surface area contributed by atoms with Crippen LogP contribution in [-0.4, -0.2) is 6.61 Å². The molecule has 0 spiro atoms. The number of alkyl halides is 1. The average molecular weight is 297 g/mol. The largest absolute Gasteiger partial charge is 0.494 e. The lowest BCUT2D eigenvalue weighted by Crippen LogP contribution is -1.99.